The zero-order chi connectivity index (χ0) is 12.3. The first-order valence-electron chi connectivity index (χ1n) is 5.63. The van der Waals surface area contributed by atoms with Crippen molar-refractivity contribution in [2.75, 3.05) is 13.2 Å². The largest absolute Gasteiger partial charge is 0.488 e. The highest BCUT2D eigenvalue weighted by Crippen LogP contribution is 2.27. The molecule has 1 aliphatic carbocycles. The van der Waals surface area contributed by atoms with Crippen molar-refractivity contribution in [1.29, 1.82) is 0 Å². The van der Waals surface area contributed by atoms with Gasteiger partial charge >= 0.3 is 0 Å². The minimum Gasteiger partial charge on any atom is -0.488 e. The van der Waals surface area contributed by atoms with E-state index in [-0.39, 0.29) is 0 Å². The monoisotopic (exact) mass is 271 g/mol. The number of halogens is 2. The Morgan fingerprint density at radius 2 is 2.18 bits per heavy atom. The van der Waals surface area contributed by atoms with Gasteiger partial charge in [-0.1, -0.05) is 29.8 Å². The first kappa shape index (κ1) is 12.7. The van der Waals surface area contributed by atoms with Gasteiger partial charge in [-0.2, -0.15) is 0 Å². The summed E-state index contributed by atoms with van der Waals surface area (Å²) in [6.45, 7) is 5.21. The number of ether oxygens (including phenoxy) is 1. The SMILES string of the molecule is C=C(CNC1CC1)COc1cc(Cl)ccc1Cl. The molecule has 4 heteroatoms. The fourth-order valence-corrected chi connectivity index (χ4v) is 1.73. The number of nitrogens with one attached hydrogen (secondary N) is 1. The van der Waals surface area contributed by atoms with Gasteiger partial charge < -0.3 is 10.1 Å². The molecule has 0 spiro atoms. The summed E-state index contributed by atoms with van der Waals surface area (Å²) in [5.74, 6) is 0.603. The quantitative estimate of drug-likeness (QED) is 0.797. The third-order valence-corrected chi connectivity index (χ3v) is 3.09. The smallest absolute Gasteiger partial charge is 0.139 e. The van der Waals surface area contributed by atoms with Crippen LogP contribution in [0.15, 0.2) is 30.4 Å². The average Bonchev–Trinajstić information content (AvgIpc) is 3.11. The van der Waals surface area contributed by atoms with Crippen LogP contribution in [0, 0.1) is 0 Å². The van der Waals surface area contributed by atoms with Gasteiger partial charge in [-0.25, -0.2) is 0 Å². The molecule has 1 aliphatic rings. The summed E-state index contributed by atoms with van der Waals surface area (Å²) in [5.41, 5.74) is 1.01. The molecule has 0 amide bonds. The molecule has 2 nitrogen and oxygen atoms in total. The fraction of sp³-hybridized carbons (Fsp3) is 0.385. The highest BCUT2D eigenvalue weighted by atomic mass is 35.5. The molecule has 1 fully saturated rings. The van der Waals surface area contributed by atoms with Gasteiger partial charge in [0.15, 0.2) is 0 Å². The second-order valence-corrected chi connectivity index (χ2v) is 5.11. The molecule has 0 saturated heterocycles. The summed E-state index contributed by atoms with van der Waals surface area (Å²) in [6.07, 6.45) is 2.54. The normalized spacial score (nSPS) is 14.7. The molecule has 92 valence electrons. The predicted molar refractivity (Wildman–Crippen MR) is 72.1 cm³/mol. The van der Waals surface area contributed by atoms with Crippen LogP contribution in [0.4, 0.5) is 0 Å². The maximum atomic E-state index is 5.99. The first-order valence-corrected chi connectivity index (χ1v) is 6.38. The number of benzene rings is 1. The Bertz CT molecular complexity index is 416. The Kier molecular flexibility index (Phi) is 4.32. The Labute approximate surface area is 112 Å². The van der Waals surface area contributed by atoms with Crippen molar-refractivity contribution in [2.24, 2.45) is 0 Å². The maximum absolute atomic E-state index is 5.99. The van der Waals surface area contributed by atoms with Crippen LogP contribution in [0.25, 0.3) is 0 Å². The van der Waals surface area contributed by atoms with Crippen LogP contribution >= 0.6 is 23.2 Å². The number of hydrogen-bond donors (Lipinski definition) is 1. The lowest BCUT2D eigenvalue weighted by molar-refractivity contribution is 0.348. The van der Waals surface area contributed by atoms with Crippen LogP contribution in [0.3, 0.4) is 0 Å². The van der Waals surface area contributed by atoms with Crippen molar-refractivity contribution in [1.82, 2.24) is 5.32 Å². The van der Waals surface area contributed by atoms with Crippen molar-refractivity contribution < 1.29 is 4.74 Å². The predicted octanol–water partition coefficient (Wildman–Crippen LogP) is 3.68. The lowest BCUT2D eigenvalue weighted by Gasteiger charge is -2.10. The molecule has 2 rings (SSSR count). The third-order valence-electron chi connectivity index (χ3n) is 2.54. The van der Waals surface area contributed by atoms with Gasteiger partial charge in [0.05, 0.1) is 5.02 Å². The van der Waals surface area contributed by atoms with Gasteiger partial charge in [0, 0.05) is 23.7 Å². The highest BCUT2D eigenvalue weighted by Gasteiger charge is 2.20. The molecule has 1 saturated carbocycles. The fourth-order valence-electron chi connectivity index (χ4n) is 1.39. The van der Waals surface area contributed by atoms with E-state index in [1.165, 1.54) is 12.8 Å². The summed E-state index contributed by atoms with van der Waals surface area (Å²) < 4.78 is 5.58. The van der Waals surface area contributed by atoms with Crippen molar-refractivity contribution >= 4 is 23.2 Å². The van der Waals surface area contributed by atoms with Crippen molar-refractivity contribution in [3.05, 3.63) is 40.4 Å². The average molecular weight is 272 g/mol. The molecule has 0 aromatic heterocycles. The van der Waals surface area contributed by atoms with Crippen LogP contribution < -0.4 is 10.1 Å². The molecule has 0 aliphatic heterocycles. The van der Waals surface area contributed by atoms with E-state index in [0.29, 0.717) is 28.4 Å². The molecule has 1 N–H and O–H groups in total. The van der Waals surface area contributed by atoms with E-state index in [2.05, 4.69) is 11.9 Å². The van der Waals surface area contributed by atoms with E-state index in [9.17, 15) is 0 Å². The molecule has 0 bridgehead atoms. The molecular formula is C13H15Cl2NO. The standard InChI is InChI=1S/C13H15Cl2NO/c1-9(7-16-11-3-4-11)8-17-13-6-10(14)2-5-12(13)15/h2,5-6,11,16H,1,3-4,7-8H2. The van der Waals surface area contributed by atoms with Gasteiger partial charge in [0.2, 0.25) is 0 Å². The van der Waals surface area contributed by atoms with Crippen LogP contribution in [0.5, 0.6) is 5.75 Å². The minimum atomic E-state index is 0.458. The molecule has 1 aromatic rings. The van der Waals surface area contributed by atoms with Crippen LogP contribution in [0.1, 0.15) is 12.8 Å². The van der Waals surface area contributed by atoms with Gasteiger partial charge in [-0.3, -0.25) is 0 Å². The first-order chi connectivity index (χ1) is 8.15. The molecule has 0 atom stereocenters. The summed E-state index contributed by atoms with van der Waals surface area (Å²) in [7, 11) is 0. The van der Waals surface area contributed by atoms with E-state index >= 15 is 0 Å². The van der Waals surface area contributed by atoms with Gasteiger partial charge in [0.25, 0.3) is 0 Å². The van der Waals surface area contributed by atoms with Gasteiger partial charge in [0.1, 0.15) is 12.4 Å². The summed E-state index contributed by atoms with van der Waals surface area (Å²) >= 11 is 11.9. The summed E-state index contributed by atoms with van der Waals surface area (Å²) in [6, 6.07) is 5.86. The van der Waals surface area contributed by atoms with Gasteiger partial charge in [-0.05, 0) is 30.5 Å². The van der Waals surface area contributed by atoms with E-state index in [1.807, 2.05) is 0 Å². The molecule has 0 unspecified atom stereocenters. The van der Waals surface area contributed by atoms with E-state index in [1.54, 1.807) is 18.2 Å². The second-order valence-electron chi connectivity index (χ2n) is 4.27. The van der Waals surface area contributed by atoms with E-state index < -0.39 is 0 Å². The molecule has 17 heavy (non-hydrogen) atoms. The summed E-state index contributed by atoms with van der Waals surface area (Å²) in [5, 5.41) is 4.56. The second kappa shape index (κ2) is 5.76. The van der Waals surface area contributed by atoms with Crippen molar-refractivity contribution in [3.8, 4) is 5.75 Å². The topological polar surface area (TPSA) is 21.3 Å². The Morgan fingerprint density at radius 3 is 2.88 bits per heavy atom. The van der Waals surface area contributed by atoms with Crippen molar-refractivity contribution in [3.63, 3.8) is 0 Å². The Balaban J connectivity index is 1.79. The third kappa shape index (κ3) is 4.23. The lowest BCUT2D eigenvalue weighted by Crippen LogP contribution is -2.21. The molecule has 1 aromatic carbocycles. The van der Waals surface area contributed by atoms with Crippen LogP contribution in [-0.4, -0.2) is 19.2 Å². The Hall–Kier alpha value is -0.700. The van der Waals surface area contributed by atoms with E-state index in [0.717, 1.165) is 12.1 Å². The molecule has 0 heterocycles. The molecule has 0 radical (unpaired) electrons. The zero-order valence-electron chi connectivity index (χ0n) is 9.51. The summed E-state index contributed by atoms with van der Waals surface area (Å²) in [4.78, 5) is 0. The number of rotatable bonds is 6. The van der Waals surface area contributed by atoms with E-state index in [4.69, 9.17) is 27.9 Å². The Morgan fingerprint density at radius 1 is 1.41 bits per heavy atom. The van der Waals surface area contributed by atoms with Crippen LogP contribution in [-0.2, 0) is 0 Å². The van der Waals surface area contributed by atoms with Gasteiger partial charge in [-0.15, -0.1) is 0 Å². The molecular weight excluding hydrogens is 257 g/mol. The maximum Gasteiger partial charge on any atom is 0.139 e. The lowest BCUT2D eigenvalue weighted by atomic mass is 10.3. The highest BCUT2D eigenvalue weighted by molar-refractivity contribution is 6.34. The minimum absolute atomic E-state index is 0.458. The zero-order valence-corrected chi connectivity index (χ0v) is 11.0. The van der Waals surface area contributed by atoms with Crippen molar-refractivity contribution in [2.45, 2.75) is 18.9 Å². The van der Waals surface area contributed by atoms with Crippen LogP contribution in [0.2, 0.25) is 10.0 Å². The number of hydrogen-bond acceptors (Lipinski definition) is 2.